The highest BCUT2D eigenvalue weighted by Gasteiger charge is 2.22. The second-order valence-electron chi connectivity index (χ2n) is 6.20. The van der Waals surface area contributed by atoms with Gasteiger partial charge in [0.2, 0.25) is 0 Å². The summed E-state index contributed by atoms with van der Waals surface area (Å²) in [6.45, 7) is 1.37. The molecule has 0 radical (unpaired) electrons. The maximum Gasteiger partial charge on any atom is 0.315 e. The van der Waals surface area contributed by atoms with Crippen LogP contribution < -0.4 is 10.6 Å². The molecule has 7 heteroatoms. The molecule has 0 spiro atoms. The van der Waals surface area contributed by atoms with Gasteiger partial charge >= 0.3 is 6.03 Å². The molecule has 24 heavy (non-hydrogen) atoms. The molecular formula is C17H21N5OS. The zero-order chi connectivity index (χ0) is 16.4. The normalized spacial score (nSPS) is 19.2. The first-order chi connectivity index (χ1) is 11.8. The zero-order valence-corrected chi connectivity index (χ0v) is 14.3. The number of amides is 2. The molecule has 1 unspecified atom stereocenters. The third-order valence-corrected chi connectivity index (χ3v) is 5.73. The van der Waals surface area contributed by atoms with E-state index in [2.05, 4.69) is 37.5 Å². The lowest BCUT2D eigenvalue weighted by Crippen LogP contribution is -2.39. The van der Waals surface area contributed by atoms with Crippen LogP contribution in [0.25, 0.3) is 0 Å². The molecule has 0 saturated carbocycles. The summed E-state index contributed by atoms with van der Waals surface area (Å²) in [5.74, 6) is 2.91. The highest BCUT2D eigenvalue weighted by molar-refractivity contribution is 7.99. The first-order valence-corrected chi connectivity index (χ1v) is 9.47. The predicted molar refractivity (Wildman–Crippen MR) is 92.9 cm³/mol. The van der Waals surface area contributed by atoms with E-state index < -0.39 is 0 Å². The van der Waals surface area contributed by atoms with E-state index in [1.165, 1.54) is 16.9 Å². The molecule has 1 aromatic heterocycles. The van der Waals surface area contributed by atoms with Crippen LogP contribution in [0.4, 0.5) is 4.79 Å². The van der Waals surface area contributed by atoms with Gasteiger partial charge in [0.15, 0.2) is 5.82 Å². The molecule has 2 aliphatic rings. The van der Waals surface area contributed by atoms with E-state index in [9.17, 15) is 4.79 Å². The van der Waals surface area contributed by atoms with Gasteiger partial charge in [0, 0.05) is 23.6 Å². The number of aromatic nitrogens is 3. The summed E-state index contributed by atoms with van der Waals surface area (Å²) >= 11 is 1.85. The number of fused-ring (bicyclic) bond motifs is 2. The largest absolute Gasteiger partial charge is 0.331 e. The van der Waals surface area contributed by atoms with Gasteiger partial charge in [-0.05, 0) is 30.9 Å². The van der Waals surface area contributed by atoms with E-state index >= 15 is 0 Å². The summed E-state index contributed by atoms with van der Waals surface area (Å²) in [5.41, 5.74) is 1.21. The van der Waals surface area contributed by atoms with E-state index in [0.29, 0.717) is 6.54 Å². The molecule has 2 amide bonds. The highest BCUT2D eigenvalue weighted by atomic mass is 32.2. The molecule has 3 heterocycles. The van der Waals surface area contributed by atoms with Gasteiger partial charge in [-0.1, -0.05) is 18.2 Å². The number of benzene rings is 1. The van der Waals surface area contributed by atoms with Crippen LogP contribution in [-0.4, -0.2) is 26.5 Å². The van der Waals surface area contributed by atoms with Crippen LogP contribution >= 0.6 is 11.8 Å². The van der Waals surface area contributed by atoms with Gasteiger partial charge in [0.25, 0.3) is 0 Å². The minimum Gasteiger partial charge on any atom is -0.331 e. The molecule has 0 aliphatic carbocycles. The van der Waals surface area contributed by atoms with Crippen LogP contribution in [-0.2, 0) is 19.5 Å². The molecule has 2 N–H and O–H groups in total. The number of nitrogens with one attached hydrogen (secondary N) is 2. The van der Waals surface area contributed by atoms with Crippen molar-refractivity contribution in [1.82, 2.24) is 25.4 Å². The standard InChI is InChI=1S/C17H21N5OS/c23-17(18-11-16-21-20-15-7-3-4-9-22(15)16)19-13-8-10-24-14-6-2-1-5-12(13)14/h1-2,5-6,13H,3-4,7-11H2,(H2,18,19,23). The minimum absolute atomic E-state index is 0.0785. The van der Waals surface area contributed by atoms with Gasteiger partial charge in [-0.25, -0.2) is 4.79 Å². The van der Waals surface area contributed by atoms with Crippen LogP contribution in [0.1, 0.15) is 42.5 Å². The Labute approximate surface area is 145 Å². The van der Waals surface area contributed by atoms with Crippen molar-refractivity contribution in [2.45, 2.75) is 49.7 Å². The number of hydrogen-bond acceptors (Lipinski definition) is 4. The van der Waals surface area contributed by atoms with Crippen LogP contribution in [0.3, 0.4) is 0 Å². The Morgan fingerprint density at radius 2 is 2.21 bits per heavy atom. The molecule has 0 bridgehead atoms. The molecule has 4 rings (SSSR count). The van der Waals surface area contributed by atoms with Crippen molar-refractivity contribution in [1.29, 1.82) is 0 Å². The number of carbonyl (C=O) groups excluding carboxylic acids is 1. The van der Waals surface area contributed by atoms with Gasteiger partial charge in [-0.3, -0.25) is 0 Å². The second kappa shape index (κ2) is 6.84. The Hall–Kier alpha value is -2.02. The van der Waals surface area contributed by atoms with Crippen molar-refractivity contribution in [2.24, 2.45) is 0 Å². The molecule has 126 valence electrons. The highest BCUT2D eigenvalue weighted by Crippen LogP contribution is 2.35. The van der Waals surface area contributed by atoms with Gasteiger partial charge in [0.05, 0.1) is 12.6 Å². The van der Waals surface area contributed by atoms with E-state index in [0.717, 1.165) is 43.2 Å². The molecular weight excluding hydrogens is 322 g/mol. The number of rotatable bonds is 3. The molecule has 2 aromatic rings. The summed E-state index contributed by atoms with van der Waals surface area (Å²) in [6.07, 6.45) is 4.26. The predicted octanol–water partition coefficient (Wildman–Crippen LogP) is 2.65. The van der Waals surface area contributed by atoms with E-state index in [1.807, 2.05) is 23.9 Å². The van der Waals surface area contributed by atoms with Crippen molar-refractivity contribution in [3.05, 3.63) is 41.5 Å². The van der Waals surface area contributed by atoms with Crippen LogP contribution in [0.5, 0.6) is 0 Å². The average molecular weight is 343 g/mol. The number of urea groups is 1. The van der Waals surface area contributed by atoms with Gasteiger partial charge < -0.3 is 15.2 Å². The van der Waals surface area contributed by atoms with Crippen molar-refractivity contribution < 1.29 is 4.79 Å². The number of nitrogens with zero attached hydrogens (tertiary/aromatic N) is 3. The van der Waals surface area contributed by atoms with E-state index in [1.54, 1.807) is 0 Å². The molecule has 2 aliphatic heterocycles. The zero-order valence-electron chi connectivity index (χ0n) is 13.5. The Morgan fingerprint density at radius 3 is 3.17 bits per heavy atom. The Bertz CT molecular complexity index is 744. The number of hydrogen-bond donors (Lipinski definition) is 2. The van der Waals surface area contributed by atoms with Crippen LogP contribution in [0.2, 0.25) is 0 Å². The lowest BCUT2D eigenvalue weighted by atomic mass is 10.0. The van der Waals surface area contributed by atoms with Crippen molar-refractivity contribution >= 4 is 17.8 Å². The second-order valence-corrected chi connectivity index (χ2v) is 7.33. The maximum atomic E-state index is 12.3. The smallest absolute Gasteiger partial charge is 0.315 e. The summed E-state index contributed by atoms with van der Waals surface area (Å²) in [5, 5.41) is 14.5. The van der Waals surface area contributed by atoms with E-state index in [4.69, 9.17) is 0 Å². The monoisotopic (exact) mass is 343 g/mol. The number of thioether (sulfide) groups is 1. The van der Waals surface area contributed by atoms with Gasteiger partial charge in [-0.15, -0.1) is 22.0 Å². The minimum atomic E-state index is -0.144. The van der Waals surface area contributed by atoms with Crippen LogP contribution in [0, 0.1) is 0 Å². The van der Waals surface area contributed by atoms with Gasteiger partial charge in [-0.2, -0.15) is 0 Å². The molecule has 0 fully saturated rings. The molecule has 6 nitrogen and oxygen atoms in total. The Balaban J connectivity index is 1.37. The Kier molecular flexibility index (Phi) is 4.42. The molecule has 1 aromatic carbocycles. The fraction of sp³-hybridized carbons (Fsp3) is 0.471. The van der Waals surface area contributed by atoms with Crippen molar-refractivity contribution in [2.75, 3.05) is 5.75 Å². The third kappa shape index (κ3) is 3.13. The lowest BCUT2D eigenvalue weighted by molar-refractivity contribution is 0.235. The lowest BCUT2D eigenvalue weighted by Gasteiger charge is -2.26. The summed E-state index contributed by atoms with van der Waals surface area (Å²) in [7, 11) is 0. The van der Waals surface area contributed by atoms with E-state index in [-0.39, 0.29) is 12.1 Å². The quantitative estimate of drug-likeness (QED) is 0.899. The first-order valence-electron chi connectivity index (χ1n) is 8.48. The topological polar surface area (TPSA) is 71.8 Å². The van der Waals surface area contributed by atoms with Crippen molar-refractivity contribution in [3.8, 4) is 0 Å². The maximum absolute atomic E-state index is 12.3. The number of aryl methyl sites for hydroxylation is 1. The SMILES string of the molecule is O=C(NCc1nnc2n1CCCC2)NC1CCSc2ccccc21. The summed E-state index contributed by atoms with van der Waals surface area (Å²) in [6, 6.07) is 8.22. The third-order valence-electron chi connectivity index (χ3n) is 4.61. The van der Waals surface area contributed by atoms with Gasteiger partial charge in [0.1, 0.15) is 5.82 Å². The van der Waals surface area contributed by atoms with Crippen molar-refractivity contribution in [3.63, 3.8) is 0 Å². The summed E-state index contributed by atoms with van der Waals surface area (Å²) in [4.78, 5) is 13.6. The first kappa shape index (κ1) is 15.5. The molecule has 0 saturated heterocycles. The van der Waals surface area contributed by atoms with Crippen LogP contribution in [0.15, 0.2) is 29.2 Å². The number of carbonyl (C=O) groups is 1. The fourth-order valence-electron chi connectivity index (χ4n) is 3.36. The summed E-state index contributed by atoms with van der Waals surface area (Å²) < 4.78 is 2.14. The average Bonchev–Trinajstić information content (AvgIpc) is 3.04. The molecule has 1 atom stereocenters. The Morgan fingerprint density at radius 1 is 1.29 bits per heavy atom. The fourth-order valence-corrected chi connectivity index (χ4v) is 4.49.